The van der Waals surface area contributed by atoms with Crippen molar-refractivity contribution in [3.8, 4) is 0 Å². The van der Waals surface area contributed by atoms with Crippen LogP contribution < -0.4 is 10.6 Å². The first-order valence-corrected chi connectivity index (χ1v) is 11.0. The molecule has 2 aliphatic rings. The topological polar surface area (TPSA) is 44.4 Å². The maximum Gasteiger partial charge on any atom is 0.251 e. The summed E-state index contributed by atoms with van der Waals surface area (Å²) in [7, 11) is 0. The number of carbonyl (C=O) groups is 1. The third-order valence-electron chi connectivity index (χ3n) is 4.42. The summed E-state index contributed by atoms with van der Waals surface area (Å²) in [5, 5.41) is 6.40. The van der Waals surface area contributed by atoms with Crippen LogP contribution >= 0.6 is 35.9 Å². The van der Waals surface area contributed by atoms with Crippen LogP contribution in [0.25, 0.3) is 0 Å². The second-order valence-electron chi connectivity index (χ2n) is 6.25. The zero-order chi connectivity index (χ0) is 16.6. The van der Waals surface area contributed by atoms with E-state index >= 15 is 0 Å². The van der Waals surface area contributed by atoms with Gasteiger partial charge in [-0.05, 0) is 48.6 Å². The van der Waals surface area contributed by atoms with E-state index in [1.807, 2.05) is 35.7 Å². The standard InChI is InChI=1S/C18H27N3OS2.ClH/c22-17(20-7-1-10-21-11-8-19-9-12-21)15-3-5-16(6-4-15)18-23-13-2-14-24-18;/h3-6,18-19H,1-2,7-14H2,(H,20,22);1H. The molecule has 0 unspecified atom stereocenters. The Bertz CT molecular complexity index is 518. The summed E-state index contributed by atoms with van der Waals surface area (Å²) in [5.41, 5.74) is 2.10. The Morgan fingerprint density at radius 3 is 2.52 bits per heavy atom. The number of hydrogen-bond acceptors (Lipinski definition) is 5. The van der Waals surface area contributed by atoms with Crippen LogP contribution in [0.15, 0.2) is 24.3 Å². The second-order valence-corrected chi connectivity index (χ2v) is 8.97. The van der Waals surface area contributed by atoms with Crippen molar-refractivity contribution in [2.45, 2.75) is 17.4 Å². The van der Waals surface area contributed by atoms with Crippen LogP contribution in [0.2, 0.25) is 0 Å². The SMILES string of the molecule is Cl.O=C(NCCCN1CCNCC1)c1ccc(C2SCCCS2)cc1. The Labute approximate surface area is 165 Å². The molecule has 2 saturated heterocycles. The highest BCUT2D eigenvalue weighted by molar-refractivity contribution is 8.16. The monoisotopic (exact) mass is 401 g/mol. The van der Waals surface area contributed by atoms with E-state index < -0.39 is 0 Å². The number of nitrogens with zero attached hydrogens (tertiary/aromatic N) is 1. The lowest BCUT2D eigenvalue weighted by Gasteiger charge is -2.27. The number of amides is 1. The van der Waals surface area contributed by atoms with Gasteiger partial charge in [-0.1, -0.05) is 12.1 Å². The van der Waals surface area contributed by atoms with Crippen LogP contribution in [0.5, 0.6) is 0 Å². The Morgan fingerprint density at radius 2 is 1.84 bits per heavy atom. The Balaban J connectivity index is 0.00000225. The zero-order valence-electron chi connectivity index (χ0n) is 14.5. The predicted molar refractivity (Wildman–Crippen MR) is 112 cm³/mol. The van der Waals surface area contributed by atoms with E-state index in [-0.39, 0.29) is 18.3 Å². The van der Waals surface area contributed by atoms with Crippen molar-refractivity contribution >= 4 is 41.8 Å². The highest BCUT2D eigenvalue weighted by Gasteiger charge is 2.17. The van der Waals surface area contributed by atoms with Crippen molar-refractivity contribution in [2.75, 3.05) is 50.8 Å². The van der Waals surface area contributed by atoms with Gasteiger partial charge < -0.3 is 15.5 Å². The van der Waals surface area contributed by atoms with Crippen LogP contribution in [-0.2, 0) is 0 Å². The van der Waals surface area contributed by atoms with Crippen molar-refractivity contribution in [3.05, 3.63) is 35.4 Å². The van der Waals surface area contributed by atoms with Crippen LogP contribution in [0, 0.1) is 0 Å². The molecule has 0 spiro atoms. The summed E-state index contributed by atoms with van der Waals surface area (Å²) in [6.07, 6.45) is 2.32. The second kappa shape index (κ2) is 11.3. The third kappa shape index (κ3) is 6.68. The molecule has 0 atom stereocenters. The van der Waals surface area contributed by atoms with Gasteiger partial charge in [0.15, 0.2) is 0 Å². The Morgan fingerprint density at radius 1 is 1.16 bits per heavy atom. The van der Waals surface area contributed by atoms with E-state index in [9.17, 15) is 4.79 Å². The van der Waals surface area contributed by atoms with E-state index in [4.69, 9.17) is 0 Å². The largest absolute Gasteiger partial charge is 0.352 e. The molecule has 7 heteroatoms. The number of carbonyl (C=O) groups excluding carboxylic acids is 1. The van der Waals surface area contributed by atoms with E-state index in [0.29, 0.717) is 4.58 Å². The van der Waals surface area contributed by atoms with Gasteiger partial charge >= 0.3 is 0 Å². The first kappa shape index (κ1) is 20.9. The minimum absolute atomic E-state index is 0. The van der Waals surface area contributed by atoms with Crippen LogP contribution in [0.4, 0.5) is 0 Å². The highest BCUT2D eigenvalue weighted by atomic mass is 35.5. The summed E-state index contributed by atoms with van der Waals surface area (Å²) < 4.78 is 0.537. The van der Waals surface area contributed by atoms with Crippen molar-refractivity contribution in [1.82, 2.24) is 15.5 Å². The molecular formula is C18H28ClN3OS2. The Kier molecular flexibility index (Phi) is 9.48. The molecule has 0 saturated carbocycles. The minimum atomic E-state index is 0. The van der Waals surface area contributed by atoms with Crippen molar-refractivity contribution in [3.63, 3.8) is 0 Å². The van der Waals surface area contributed by atoms with E-state index in [1.165, 1.54) is 23.5 Å². The van der Waals surface area contributed by atoms with Gasteiger partial charge in [0, 0.05) is 38.3 Å². The summed E-state index contributed by atoms with van der Waals surface area (Å²) in [6, 6.07) is 8.17. The molecule has 2 fully saturated rings. The minimum Gasteiger partial charge on any atom is -0.352 e. The molecule has 0 radical (unpaired) electrons. The average molecular weight is 402 g/mol. The Hall–Kier alpha value is -0.400. The van der Waals surface area contributed by atoms with Gasteiger partial charge in [0.05, 0.1) is 4.58 Å². The molecule has 0 aromatic heterocycles. The molecule has 1 amide bonds. The number of halogens is 1. The molecule has 4 nitrogen and oxygen atoms in total. The number of piperazine rings is 1. The van der Waals surface area contributed by atoms with Gasteiger partial charge in [0.1, 0.15) is 0 Å². The quantitative estimate of drug-likeness (QED) is 0.717. The number of benzene rings is 1. The van der Waals surface area contributed by atoms with Gasteiger partial charge in [-0.2, -0.15) is 0 Å². The van der Waals surface area contributed by atoms with Crippen molar-refractivity contribution < 1.29 is 4.79 Å². The number of rotatable bonds is 6. The molecule has 2 aliphatic heterocycles. The molecular weight excluding hydrogens is 374 g/mol. The predicted octanol–water partition coefficient (Wildman–Crippen LogP) is 3.00. The summed E-state index contributed by atoms with van der Waals surface area (Å²) in [5.74, 6) is 2.53. The van der Waals surface area contributed by atoms with Gasteiger partial charge in [0.25, 0.3) is 5.91 Å². The van der Waals surface area contributed by atoms with Crippen LogP contribution in [-0.4, -0.2) is 61.6 Å². The normalized spacial score (nSPS) is 19.2. The highest BCUT2D eigenvalue weighted by Crippen LogP contribution is 2.43. The number of nitrogens with one attached hydrogen (secondary N) is 2. The fraction of sp³-hybridized carbons (Fsp3) is 0.611. The molecule has 0 bridgehead atoms. The van der Waals surface area contributed by atoms with E-state index in [2.05, 4.69) is 27.7 Å². The molecule has 1 aromatic rings. The van der Waals surface area contributed by atoms with E-state index in [0.717, 1.165) is 51.3 Å². The average Bonchev–Trinajstić information content (AvgIpc) is 2.67. The maximum atomic E-state index is 12.2. The third-order valence-corrected chi connectivity index (χ3v) is 7.43. The fourth-order valence-corrected chi connectivity index (χ4v) is 5.91. The fourth-order valence-electron chi connectivity index (χ4n) is 3.01. The summed E-state index contributed by atoms with van der Waals surface area (Å²) >= 11 is 4.03. The zero-order valence-corrected chi connectivity index (χ0v) is 17.0. The molecule has 0 aliphatic carbocycles. The molecule has 140 valence electrons. The van der Waals surface area contributed by atoms with Gasteiger partial charge in [-0.3, -0.25) is 4.79 Å². The van der Waals surface area contributed by atoms with Crippen LogP contribution in [0.1, 0.15) is 33.3 Å². The van der Waals surface area contributed by atoms with Crippen LogP contribution in [0.3, 0.4) is 0 Å². The smallest absolute Gasteiger partial charge is 0.251 e. The molecule has 25 heavy (non-hydrogen) atoms. The lowest BCUT2D eigenvalue weighted by Crippen LogP contribution is -2.44. The van der Waals surface area contributed by atoms with Gasteiger partial charge in [-0.15, -0.1) is 35.9 Å². The van der Waals surface area contributed by atoms with Crippen molar-refractivity contribution in [2.24, 2.45) is 0 Å². The lowest BCUT2D eigenvalue weighted by atomic mass is 10.1. The summed E-state index contributed by atoms with van der Waals surface area (Å²) in [6.45, 7) is 6.21. The van der Waals surface area contributed by atoms with Gasteiger partial charge in [-0.25, -0.2) is 0 Å². The first-order valence-electron chi connectivity index (χ1n) is 8.87. The maximum absolute atomic E-state index is 12.2. The molecule has 3 rings (SSSR count). The van der Waals surface area contributed by atoms with E-state index in [1.54, 1.807) is 0 Å². The number of thioether (sulfide) groups is 2. The lowest BCUT2D eigenvalue weighted by molar-refractivity contribution is 0.0951. The molecule has 1 aromatic carbocycles. The summed E-state index contributed by atoms with van der Waals surface area (Å²) in [4.78, 5) is 14.7. The number of hydrogen-bond donors (Lipinski definition) is 2. The van der Waals surface area contributed by atoms with Crippen molar-refractivity contribution in [1.29, 1.82) is 0 Å². The first-order chi connectivity index (χ1) is 11.8. The molecule has 2 N–H and O–H groups in total. The molecule has 2 heterocycles. The van der Waals surface area contributed by atoms with Gasteiger partial charge in [0.2, 0.25) is 0 Å².